The predicted molar refractivity (Wildman–Crippen MR) is 101 cm³/mol. The number of rotatable bonds is 9. The zero-order valence-electron chi connectivity index (χ0n) is 14.5. The number of nitrogens with zero attached hydrogens (tertiary/aromatic N) is 1. The highest BCUT2D eigenvalue weighted by Gasteiger charge is 2.23. The Kier molecular flexibility index (Phi) is 7.62. The molecule has 0 unspecified atom stereocenters. The Morgan fingerprint density at radius 3 is 2.67 bits per heavy atom. The van der Waals surface area contributed by atoms with Crippen LogP contribution < -0.4 is 14.8 Å². The molecule has 0 atom stereocenters. The number of halogens is 4. The monoisotopic (exact) mass is 418 g/mol. The summed E-state index contributed by atoms with van der Waals surface area (Å²) >= 11 is 12.0. The van der Waals surface area contributed by atoms with Crippen molar-refractivity contribution in [3.05, 3.63) is 45.7 Å². The molecule has 1 fully saturated rings. The molecule has 0 spiro atoms. The SMILES string of the molecule is C=N/C=C(Cl)\C(NC(=O)c1ccc(OC(F)F)c(OCC2CC2)c1)=C(/C)Cl. The molecule has 1 amide bonds. The summed E-state index contributed by atoms with van der Waals surface area (Å²) in [7, 11) is 0. The standard InChI is InChI=1S/C18H18Cl2F2N2O3/c1-10(19)16(13(20)8-23-2)24-17(25)12-5-6-14(27-18(21)22)15(7-12)26-9-11-3-4-11/h5-8,11,18H,2-4,9H2,1H3,(H,24,25)/b13-8+,16-10-. The first kappa shape index (κ1) is 21.2. The summed E-state index contributed by atoms with van der Waals surface area (Å²) in [5.74, 6) is -0.233. The van der Waals surface area contributed by atoms with E-state index in [1.54, 1.807) is 6.92 Å². The molecule has 1 aliphatic carbocycles. The third-order valence-corrected chi connectivity index (χ3v) is 4.10. The Morgan fingerprint density at radius 2 is 2.11 bits per heavy atom. The number of benzene rings is 1. The molecule has 1 aromatic rings. The molecule has 1 aromatic carbocycles. The first-order chi connectivity index (χ1) is 12.8. The van der Waals surface area contributed by atoms with Crippen LogP contribution >= 0.6 is 23.2 Å². The van der Waals surface area contributed by atoms with Gasteiger partial charge in [-0.3, -0.25) is 9.79 Å². The molecule has 0 aliphatic heterocycles. The fraction of sp³-hybridized carbons (Fsp3) is 0.333. The van der Waals surface area contributed by atoms with E-state index >= 15 is 0 Å². The van der Waals surface area contributed by atoms with E-state index in [2.05, 4.69) is 21.8 Å². The van der Waals surface area contributed by atoms with Gasteiger partial charge in [-0.05, 0) is 50.6 Å². The third-order valence-electron chi connectivity index (χ3n) is 3.62. The van der Waals surface area contributed by atoms with Crippen LogP contribution in [0.4, 0.5) is 8.78 Å². The Hall–Kier alpha value is -2.12. The Bertz CT molecular complexity index is 774. The minimum atomic E-state index is -3.00. The van der Waals surface area contributed by atoms with Gasteiger partial charge in [0.25, 0.3) is 5.91 Å². The number of carbonyl (C=O) groups is 1. The molecule has 9 heteroatoms. The lowest BCUT2D eigenvalue weighted by Crippen LogP contribution is -2.24. The molecule has 0 radical (unpaired) electrons. The lowest BCUT2D eigenvalue weighted by atomic mass is 10.1. The molecule has 27 heavy (non-hydrogen) atoms. The van der Waals surface area contributed by atoms with Gasteiger partial charge >= 0.3 is 6.61 Å². The van der Waals surface area contributed by atoms with Gasteiger partial charge in [-0.1, -0.05) is 23.2 Å². The van der Waals surface area contributed by atoms with Crippen molar-refractivity contribution in [1.29, 1.82) is 0 Å². The van der Waals surface area contributed by atoms with Crippen molar-refractivity contribution in [1.82, 2.24) is 5.32 Å². The van der Waals surface area contributed by atoms with E-state index in [0.29, 0.717) is 12.5 Å². The number of ether oxygens (including phenoxy) is 2. The lowest BCUT2D eigenvalue weighted by molar-refractivity contribution is -0.0515. The molecule has 5 nitrogen and oxygen atoms in total. The number of nitrogens with one attached hydrogen (secondary N) is 1. The maximum atomic E-state index is 12.6. The summed E-state index contributed by atoms with van der Waals surface area (Å²) in [6.45, 7) is 2.19. The van der Waals surface area contributed by atoms with Crippen LogP contribution in [0.2, 0.25) is 0 Å². The summed E-state index contributed by atoms with van der Waals surface area (Å²) in [5, 5.41) is 2.88. The van der Waals surface area contributed by atoms with Crippen LogP contribution in [0.3, 0.4) is 0 Å². The number of amides is 1. The fourth-order valence-electron chi connectivity index (χ4n) is 2.09. The Labute approximate surface area is 165 Å². The van der Waals surface area contributed by atoms with E-state index in [4.69, 9.17) is 27.9 Å². The average Bonchev–Trinajstić information content (AvgIpc) is 3.42. The van der Waals surface area contributed by atoms with E-state index in [0.717, 1.165) is 12.8 Å². The number of allylic oxidation sites excluding steroid dienone is 2. The summed E-state index contributed by atoms with van der Waals surface area (Å²) in [4.78, 5) is 16.0. The van der Waals surface area contributed by atoms with Crippen molar-refractivity contribution >= 4 is 35.8 Å². The topological polar surface area (TPSA) is 59.9 Å². The quantitative estimate of drug-likeness (QED) is 0.450. The van der Waals surface area contributed by atoms with Gasteiger partial charge in [-0.15, -0.1) is 0 Å². The molecule has 1 aliphatic rings. The van der Waals surface area contributed by atoms with E-state index in [1.165, 1.54) is 24.4 Å². The van der Waals surface area contributed by atoms with Gasteiger partial charge in [-0.2, -0.15) is 8.78 Å². The minimum absolute atomic E-state index is 0.0670. The Morgan fingerprint density at radius 1 is 1.41 bits per heavy atom. The maximum Gasteiger partial charge on any atom is 0.387 e. The second kappa shape index (κ2) is 9.71. The molecule has 0 bridgehead atoms. The van der Waals surface area contributed by atoms with Crippen molar-refractivity contribution in [2.75, 3.05) is 6.61 Å². The number of hydrogen-bond donors (Lipinski definition) is 1. The van der Waals surface area contributed by atoms with Crippen molar-refractivity contribution in [3.8, 4) is 11.5 Å². The van der Waals surface area contributed by atoms with Crippen LogP contribution in [0.5, 0.6) is 11.5 Å². The number of hydrogen-bond acceptors (Lipinski definition) is 4. The molecule has 1 saturated carbocycles. The highest BCUT2D eigenvalue weighted by Crippen LogP contribution is 2.34. The van der Waals surface area contributed by atoms with Crippen LogP contribution in [0.15, 0.2) is 45.2 Å². The first-order valence-corrected chi connectivity index (χ1v) is 8.78. The van der Waals surface area contributed by atoms with Gasteiger partial charge in [0.2, 0.25) is 0 Å². The van der Waals surface area contributed by atoms with Crippen molar-refractivity contribution in [2.45, 2.75) is 26.4 Å². The fourth-order valence-corrected chi connectivity index (χ4v) is 2.54. The molecule has 0 saturated heterocycles. The third kappa shape index (κ3) is 6.52. The van der Waals surface area contributed by atoms with Gasteiger partial charge < -0.3 is 14.8 Å². The number of carbonyl (C=O) groups excluding carboxylic acids is 1. The van der Waals surface area contributed by atoms with Crippen molar-refractivity contribution in [3.63, 3.8) is 0 Å². The molecule has 146 valence electrons. The smallest absolute Gasteiger partial charge is 0.387 e. The number of aliphatic imine (C=N–C) groups is 1. The zero-order valence-corrected chi connectivity index (χ0v) is 16.0. The maximum absolute atomic E-state index is 12.6. The second-order valence-corrected chi connectivity index (χ2v) is 6.79. The van der Waals surface area contributed by atoms with E-state index < -0.39 is 12.5 Å². The van der Waals surface area contributed by atoms with E-state index in [-0.39, 0.29) is 32.8 Å². The van der Waals surface area contributed by atoms with Gasteiger partial charge in [0, 0.05) is 16.8 Å². The van der Waals surface area contributed by atoms with Gasteiger partial charge in [-0.25, -0.2) is 0 Å². The lowest BCUT2D eigenvalue weighted by Gasteiger charge is -2.14. The van der Waals surface area contributed by atoms with Crippen LogP contribution in [0.25, 0.3) is 0 Å². The summed E-state index contributed by atoms with van der Waals surface area (Å²) in [6.07, 6.45) is 3.28. The van der Waals surface area contributed by atoms with Gasteiger partial charge in [0.1, 0.15) is 0 Å². The van der Waals surface area contributed by atoms with Crippen LogP contribution in [-0.2, 0) is 0 Å². The molecular weight excluding hydrogens is 401 g/mol. The van der Waals surface area contributed by atoms with E-state index in [9.17, 15) is 13.6 Å². The van der Waals surface area contributed by atoms with Crippen molar-refractivity contribution < 1.29 is 23.0 Å². The van der Waals surface area contributed by atoms with Gasteiger partial charge in [0.15, 0.2) is 11.5 Å². The first-order valence-electron chi connectivity index (χ1n) is 8.03. The highest BCUT2D eigenvalue weighted by atomic mass is 35.5. The van der Waals surface area contributed by atoms with Crippen LogP contribution in [0, 0.1) is 5.92 Å². The minimum Gasteiger partial charge on any atom is -0.489 e. The summed E-state index contributed by atoms with van der Waals surface area (Å²) in [6, 6.07) is 3.92. The molecule has 0 aromatic heterocycles. The summed E-state index contributed by atoms with van der Waals surface area (Å²) < 4.78 is 35.2. The summed E-state index contributed by atoms with van der Waals surface area (Å²) in [5.41, 5.74) is 0.318. The van der Waals surface area contributed by atoms with Crippen LogP contribution in [0.1, 0.15) is 30.1 Å². The van der Waals surface area contributed by atoms with E-state index in [1.807, 2.05) is 0 Å². The van der Waals surface area contributed by atoms with Gasteiger partial charge in [0.05, 0.1) is 17.3 Å². The average molecular weight is 419 g/mol. The van der Waals surface area contributed by atoms with Crippen molar-refractivity contribution in [2.24, 2.45) is 10.9 Å². The highest BCUT2D eigenvalue weighted by molar-refractivity contribution is 6.35. The molecule has 1 N–H and O–H groups in total. The largest absolute Gasteiger partial charge is 0.489 e. The molecule has 0 heterocycles. The molecular formula is C18H18Cl2F2N2O3. The Balaban J connectivity index is 2.23. The normalized spacial score (nSPS) is 15.3. The zero-order chi connectivity index (χ0) is 20.0. The predicted octanol–water partition coefficient (Wildman–Crippen LogP) is 5.06. The molecule has 2 rings (SSSR count). The van der Waals surface area contributed by atoms with Crippen LogP contribution in [-0.4, -0.2) is 25.8 Å². The second-order valence-electron chi connectivity index (χ2n) is 5.82. The number of alkyl halides is 2.